The molecule has 1 unspecified atom stereocenters. The zero-order valence-electron chi connectivity index (χ0n) is 43.7. The Morgan fingerprint density at radius 3 is 0.939 bits per heavy atom. The van der Waals surface area contributed by atoms with Crippen LogP contribution >= 0.6 is 0 Å². The molecule has 0 saturated heterocycles. The van der Waals surface area contributed by atoms with Crippen LogP contribution in [-0.4, -0.2) is 37.2 Å². The summed E-state index contributed by atoms with van der Waals surface area (Å²) in [4.78, 5) is 38.1. The van der Waals surface area contributed by atoms with Gasteiger partial charge in [-0.2, -0.15) is 0 Å². The van der Waals surface area contributed by atoms with Crippen LogP contribution in [0.3, 0.4) is 0 Å². The van der Waals surface area contributed by atoms with Crippen molar-refractivity contribution >= 4 is 17.9 Å². The van der Waals surface area contributed by atoms with Crippen LogP contribution < -0.4 is 0 Å². The average molecular weight is 924 g/mol. The Morgan fingerprint density at radius 1 is 0.303 bits per heavy atom. The van der Waals surface area contributed by atoms with E-state index in [2.05, 4.69) is 81.5 Å². The second-order valence-corrected chi connectivity index (χ2v) is 18.8. The Hall–Kier alpha value is -2.89. The van der Waals surface area contributed by atoms with Crippen molar-refractivity contribution in [3.8, 4) is 0 Å². The van der Waals surface area contributed by atoms with Gasteiger partial charge in [0.15, 0.2) is 6.10 Å². The molecule has 382 valence electrons. The van der Waals surface area contributed by atoms with E-state index in [4.69, 9.17) is 14.2 Å². The predicted molar refractivity (Wildman–Crippen MR) is 284 cm³/mol. The van der Waals surface area contributed by atoms with Gasteiger partial charge in [-0.3, -0.25) is 14.4 Å². The maximum absolute atomic E-state index is 12.8. The van der Waals surface area contributed by atoms with E-state index >= 15 is 0 Å². The van der Waals surface area contributed by atoms with Crippen LogP contribution in [0.5, 0.6) is 0 Å². The number of rotatable bonds is 51. The molecule has 0 fully saturated rings. The molecule has 0 radical (unpaired) electrons. The number of carbonyl (C=O) groups is 3. The third kappa shape index (κ3) is 52.1. The first-order valence-corrected chi connectivity index (χ1v) is 28.3. The van der Waals surface area contributed by atoms with Crippen LogP contribution in [-0.2, 0) is 28.6 Å². The zero-order valence-corrected chi connectivity index (χ0v) is 43.7. The Kier molecular flexibility index (Phi) is 52.3. The lowest BCUT2D eigenvalue weighted by molar-refractivity contribution is -0.167. The molecule has 0 heterocycles. The highest BCUT2D eigenvalue weighted by atomic mass is 16.6. The fourth-order valence-corrected chi connectivity index (χ4v) is 7.90. The molecule has 66 heavy (non-hydrogen) atoms. The molecule has 0 aromatic heterocycles. The fourth-order valence-electron chi connectivity index (χ4n) is 7.90. The second-order valence-electron chi connectivity index (χ2n) is 18.8. The van der Waals surface area contributed by atoms with Crippen LogP contribution in [0.2, 0.25) is 0 Å². The first-order chi connectivity index (χ1) is 32.5. The Labute approximate surface area is 409 Å². The Morgan fingerprint density at radius 2 is 0.561 bits per heavy atom. The second kappa shape index (κ2) is 54.7. The molecule has 0 spiro atoms. The van der Waals surface area contributed by atoms with E-state index in [1.165, 1.54) is 161 Å². The van der Waals surface area contributed by atoms with Gasteiger partial charge in [0, 0.05) is 19.3 Å². The summed E-state index contributed by atoms with van der Waals surface area (Å²) in [6.07, 6.45) is 67.8. The monoisotopic (exact) mass is 923 g/mol. The molecular weight excluding hydrogens is 817 g/mol. The summed E-state index contributed by atoms with van der Waals surface area (Å²) >= 11 is 0. The molecule has 0 saturated carbocycles. The minimum atomic E-state index is -0.785. The molecule has 0 amide bonds. The highest BCUT2D eigenvalue weighted by Gasteiger charge is 2.19. The summed E-state index contributed by atoms with van der Waals surface area (Å²) in [5.74, 6) is -0.902. The van der Waals surface area contributed by atoms with E-state index in [-0.39, 0.29) is 31.1 Å². The van der Waals surface area contributed by atoms with Gasteiger partial charge >= 0.3 is 17.9 Å². The quantitative estimate of drug-likeness (QED) is 0.0262. The normalized spacial score (nSPS) is 12.5. The van der Waals surface area contributed by atoms with Crippen LogP contribution in [0.1, 0.15) is 284 Å². The lowest BCUT2D eigenvalue weighted by atomic mass is 10.1. The van der Waals surface area contributed by atoms with Crippen molar-refractivity contribution in [2.24, 2.45) is 0 Å². The van der Waals surface area contributed by atoms with Crippen molar-refractivity contribution in [2.45, 2.75) is 290 Å². The highest BCUT2D eigenvalue weighted by Crippen LogP contribution is 2.15. The summed E-state index contributed by atoms with van der Waals surface area (Å²) < 4.78 is 16.8. The average Bonchev–Trinajstić information content (AvgIpc) is 3.31. The van der Waals surface area contributed by atoms with Crippen molar-refractivity contribution in [2.75, 3.05) is 13.2 Å². The molecule has 0 aliphatic heterocycles. The molecule has 0 bridgehead atoms. The van der Waals surface area contributed by atoms with Crippen LogP contribution in [0, 0.1) is 0 Å². The summed E-state index contributed by atoms with van der Waals surface area (Å²) in [7, 11) is 0. The first kappa shape index (κ1) is 63.1. The first-order valence-electron chi connectivity index (χ1n) is 28.3. The van der Waals surface area contributed by atoms with Crippen LogP contribution in [0.25, 0.3) is 0 Å². The van der Waals surface area contributed by atoms with Gasteiger partial charge in [0.2, 0.25) is 0 Å². The maximum atomic E-state index is 12.8. The largest absolute Gasteiger partial charge is 0.462 e. The van der Waals surface area contributed by atoms with E-state index in [1.807, 2.05) is 0 Å². The number of ether oxygens (including phenoxy) is 3. The van der Waals surface area contributed by atoms with Crippen molar-refractivity contribution in [1.29, 1.82) is 0 Å². The molecule has 0 rings (SSSR count). The summed E-state index contributed by atoms with van der Waals surface area (Å²) in [6.45, 7) is 6.57. The zero-order chi connectivity index (χ0) is 47.9. The Balaban J connectivity index is 4.36. The van der Waals surface area contributed by atoms with Gasteiger partial charge in [-0.25, -0.2) is 0 Å². The van der Waals surface area contributed by atoms with Gasteiger partial charge < -0.3 is 14.2 Å². The topological polar surface area (TPSA) is 78.9 Å². The minimum absolute atomic E-state index is 0.0841. The van der Waals surface area contributed by atoms with E-state index in [1.54, 1.807) is 0 Å². The van der Waals surface area contributed by atoms with Gasteiger partial charge in [0.1, 0.15) is 13.2 Å². The molecule has 6 heteroatoms. The standard InChI is InChI=1S/C60H106O6/c1-4-7-10-13-16-19-22-24-26-28-30-32-33-35-38-41-44-47-50-53-59(62)65-56-57(55-64-58(61)52-49-46-43-40-37-21-18-15-12-9-6-3)66-60(63)54-51-48-45-42-39-36-34-31-29-27-25-23-20-17-14-11-8-5-2/h15-16,18-19,24,26-27,29-30,32,57H,4-14,17,20-23,25,28,31,33-56H2,1-3H3/b18-15-,19-16-,26-24-,29-27-,32-30-. The van der Waals surface area contributed by atoms with Gasteiger partial charge in [-0.1, -0.05) is 223 Å². The fraction of sp³-hybridized carbons (Fsp3) is 0.783. The molecule has 0 aromatic carbocycles. The van der Waals surface area contributed by atoms with E-state index in [0.29, 0.717) is 19.3 Å². The number of esters is 3. The molecular formula is C60H106O6. The molecule has 0 aromatic rings. The number of hydrogen-bond acceptors (Lipinski definition) is 6. The molecule has 0 aliphatic carbocycles. The number of hydrogen-bond donors (Lipinski definition) is 0. The van der Waals surface area contributed by atoms with Gasteiger partial charge in [-0.05, 0) is 103 Å². The van der Waals surface area contributed by atoms with Gasteiger partial charge in [0.25, 0.3) is 0 Å². The molecule has 0 aliphatic rings. The lowest BCUT2D eigenvalue weighted by Crippen LogP contribution is -2.30. The van der Waals surface area contributed by atoms with Crippen molar-refractivity contribution in [1.82, 2.24) is 0 Å². The molecule has 0 N–H and O–H groups in total. The van der Waals surface area contributed by atoms with Crippen molar-refractivity contribution in [3.05, 3.63) is 60.8 Å². The summed E-state index contributed by atoms with van der Waals surface area (Å²) in [5.41, 5.74) is 0. The SMILES string of the molecule is CCCC/C=C\CCCCCCCC(=O)OCC(COC(=O)CCCCCCCC/C=C\C/C=C\C/C=C\CCCCC)OC(=O)CCCCCCCCC/C=C\CCCCCCCCC. The van der Waals surface area contributed by atoms with Gasteiger partial charge in [-0.15, -0.1) is 0 Å². The number of unbranched alkanes of at least 4 members (excludes halogenated alkanes) is 30. The van der Waals surface area contributed by atoms with Gasteiger partial charge in [0.05, 0.1) is 0 Å². The van der Waals surface area contributed by atoms with E-state index in [0.717, 1.165) is 83.5 Å². The van der Waals surface area contributed by atoms with Crippen LogP contribution in [0.4, 0.5) is 0 Å². The van der Waals surface area contributed by atoms with Crippen molar-refractivity contribution < 1.29 is 28.6 Å². The highest BCUT2D eigenvalue weighted by molar-refractivity contribution is 5.71. The minimum Gasteiger partial charge on any atom is -0.462 e. The number of allylic oxidation sites excluding steroid dienone is 10. The third-order valence-corrected chi connectivity index (χ3v) is 12.2. The maximum Gasteiger partial charge on any atom is 0.306 e. The van der Waals surface area contributed by atoms with E-state index < -0.39 is 6.10 Å². The Bertz CT molecular complexity index is 1200. The predicted octanol–water partition coefficient (Wildman–Crippen LogP) is 18.8. The molecule has 1 atom stereocenters. The lowest BCUT2D eigenvalue weighted by Gasteiger charge is -2.18. The molecule has 6 nitrogen and oxygen atoms in total. The third-order valence-electron chi connectivity index (χ3n) is 12.2. The number of carbonyl (C=O) groups excluding carboxylic acids is 3. The smallest absolute Gasteiger partial charge is 0.306 e. The van der Waals surface area contributed by atoms with E-state index in [9.17, 15) is 14.4 Å². The van der Waals surface area contributed by atoms with Crippen LogP contribution in [0.15, 0.2) is 60.8 Å². The summed E-state index contributed by atoms with van der Waals surface area (Å²) in [6, 6.07) is 0. The summed E-state index contributed by atoms with van der Waals surface area (Å²) in [5, 5.41) is 0. The van der Waals surface area contributed by atoms with Crippen molar-refractivity contribution in [3.63, 3.8) is 0 Å².